The van der Waals surface area contributed by atoms with Gasteiger partial charge in [-0.15, -0.1) is 0 Å². The van der Waals surface area contributed by atoms with E-state index < -0.39 is 0 Å². The molecule has 2 aliphatic heterocycles. The molecular formula is C19H22N4O3S. The Morgan fingerprint density at radius 2 is 1.85 bits per heavy atom. The number of ether oxygens (including phenoxy) is 1. The highest BCUT2D eigenvalue weighted by Gasteiger charge is 2.37. The van der Waals surface area contributed by atoms with Crippen LogP contribution in [0.5, 0.6) is 10.9 Å². The molecule has 0 atom stereocenters. The van der Waals surface area contributed by atoms with E-state index >= 15 is 0 Å². The molecule has 2 aliphatic rings. The Kier molecular flexibility index (Phi) is 5.09. The standard InChI is InChI=1S/C19H22N4O3S/c20-17(24)13-5-8-22(9-6-13)15-11-23(12-15)18(25)14-1-3-16(4-2-14)26-19-21-7-10-27-19/h1-4,7,10,13,15H,5-6,8-9,11-12H2,(H2,20,24). The van der Waals surface area contributed by atoms with Crippen molar-refractivity contribution in [2.24, 2.45) is 11.7 Å². The Morgan fingerprint density at radius 3 is 2.44 bits per heavy atom. The van der Waals surface area contributed by atoms with Crippen LogP contribution < -0.4 is 10.5 Å². The average Bonchev–Trinajstić information content (AvgIpc) is 3.14. The third-order valence-corrected chi connectivity index (χ3v) is 5.96. The number of benzene rings is 1. The van der Waals surface area contributed by atoms with Gasteiger partial charge in [0, 0.05) is 42.2 Å². The molecule has 0 radical (unpaired) electrons. The van der Waals surface area contributed by atoms with Gasteiger partial charge in [-0.1, -0.05) is 11.3 Å². The molecular weight excluding hydrogens is 364 g/mol. The van der Waals surface area contributed by atoms with Gasteiger partial charge in [-0.25, -0.2) is 4.98 Å². The summed E-state index contributed by atoms with van der Waals surface area (Å²) in [7, 11) is 0. The molecule has 0 aliphatic carbocycles. The summed E-state index contributed by atoms with van der Waals surface area (Å²) in [6.45, 7) is 3.22. The first-order valence-corrected chi connectivity index (χ1v) is 9.98. The van der Waals surface area contributed by atoms with Gasteiger partial charge in [0.15, 0.2) is 0 Å². The number of carbonyl (C=O) groups is 2. The van der Waals surface area contributed by atoms with Crippen LogP contribution in [0.1, 0.15) is 23.2 Å². The molecule has 0 bridgehead atoms. The summed E-state index contributed by atoms with van der Waals surface area (Å²) in [4.78, 5) is 32.2. The van der Waals surface area contributed by atoms with Crippen molar-refractivity contribution in [2.75, 3.05) is 26.2 Å². The number of hydrogen-bond acceptors (Lipinski definition) is 6. The maximum atomic E-state index is 12.6. The molecule has 2 fully saturated rings. The molecule has 2 aromatic rings. The number of thiazole rings is 1. The first-order chi connectivity index (χ1) is 13.1. The zero-order chi connectivity index (χ0) is 18.8. The average molecular weight is 386 g/mol. The normalized spacial score (nSPS) is 18.9. The second-order valence-electron chi connectivity index (χ2n) is 7.00. The fourth-order valence-electron chi connectivity index (χ4n) is 3.61. The summed E-state index contributed by atoms with van der Waals surface area (Å²) >= 11 is 1.42. The lowest BCUT2D eigenvalue weighted by molar-refractivity contribution is -0.123. The van der Waals surface area contributed by atoms with Crippen molar-refractivity contribution in [3.63, 3.8) is 0 Å². The van der Waals surface area contributed by atoms with Crippen LogP contribution in [0.3, 0.4) is 0 Å². The smallest absolute Gasteiger partial charge is 0.278 e. The number of primary amides is 1. The van der Waals surface area contributed by atoms with Crippen LogP contribution in [0, 0.1) is 5.92 Å². The van der Waals surface area contributed by atoms with E-state index in [2.05, 4.69) is 9.88 Å². The van der Waals surface area contributed by atoms with E-state index in [1.54, 1.807) is 30.5 Å². The van der Waals surface area contributed by atoms with E-state index in [0.717, 1.165) is 39.0 Å². The van der Waals surface area contributed by atoms with E-state index in [1.807, 2.05) is 10.3 Å². The predicted molar refractivity (Wildman–Crippen MR) is 102 cm³/mol. The maximum Gasteiger partial charge on any atom is 0.278 e. The van der Waals surface area contributed by atoms with Crippen molar-refractivity contribution in [1.29, 1.82) is 0 Å². The Morgan fingerprint density at radius 1 is 1.15 bits per heavy atom. The molecule has 4 rings (SSSR count). The number of carbonyl (C=O) groups excluding carboxylic acids is 2. The summed E-state index contributed by atoms with van der Waals surface area (Å²) < 4.78 is 5.62. The Bertz CT molecular complexity index is 795. The molecule has 142 valence electrons. The van der Waals surface area contributed by atoms with Gasteiger partial charge in [-0.3, -0.25) is 14.5 Å². The minimum atomic E-state index is -0.192. The van der Waals surface area contributed by atoms with Gasteiger partial charge in [0.05, 0.1) is 0 Å². The van der Waals surface area contributed by atoms with Gasteiger partial charge in [0.2, 0.25) is 5.91 Å². The number of hydrogen-bond donors (Lipinski definition) is 1. The van der Waals surface area contributed by atoms with Crippen LogP contribution in [-0.2, 0) is 4.79 Å². The van der Waals surface area contributed by atoms with Gasteiger partial charge in [0.25, 0.3) is 11.1 Å². The number of nitrogens with two attached hydrogens (primary N) is 1. The third kappa shape index (κ3) is 3.96. The van der Waals surface area contributed by atoms with Gasteiger partial charge in [-0.05, 0) is 50.2 Å². The third-order valence-electron chi connectivity index (χ3n) is 5.31. The largest absolute Gasteiger partial charge is 0.431 e. The van der Waals surface area contributed by atoms with Gasteiger partial charge >= 0.3 is 0 Å². The van der Waals surface area contributed by atoms with E-state index in [9.17, 15) is 9.59 Å². The molecule has 3 heterocycles. The summed E-state index contributed by atoms with van der Waals surface area (Å²) in [5.41, 5.74) is 6.05. The highest BCUT2D eigenvalue weighted by Crippen LogP contribution is 2.26. The van der Waals surface area contributed by atoms with Crippen LogP contribution in [0.25, 0.3) is 0 Å². The number of likely N-dealkylation sites (tertiary alicyclic amines) is 2. The fourth-order valence-corrected chi connectivity index (χ4v) is 4.12. The Labute approximate surface area is 161 Å². The fraction of sp³-hybridized carbons (Fsp3) is 0.421. The van der Waals surface area contributed by atoms with Crippen molar-refractivity contribution in [2.45, 2.75) is 18.9 Å². The van der Waals surface area contributed by atoms with Crippen LogP contribution >= 0.6 is 11.3 Å². The summed E-state index contributed by atoms with van der Waals surface area (Å²) in [6, 6.07) is 7.55. The van der Waals surface area contributed by atoms with Crippen LogP contribution in [-0.4, -0.2) is 58.8 Å². The number of amides is 2. The van der Waals surface area contributed by atoms with Crippen molar-refractivity contribution in [3.8, 4) is 10.9 Å². The lowest BCUT2D eigenvalue weighted by Gasteiger charge is -2.47. The summed E-state index contributed by atoms with van der Waals surface area (Å²) in [5, 5.41) is 2.43. The molecule has 2 N–H and O–H groups in total. The van der Waals surface area contributed by atoms with Crippen LogP contribution in [0.15, 0.2) is 35.8 Å². The van der Waals surface area contributed by atoms with Gasteiger partial charge in [-0.2, -0.15) is 0 Å². The molecule has 8 heteroatoms. The first-order valence-electron chi connectivity index (χ1n) is 9.10. The first kappa shape index (κ1) is 17.9. The van der Waals surface area contributed by atoms with Crippen molar-refractivity contribution < 1.29 is 14.3 Å². The minimum absolute atomic E-state index is 0.00386. The lowest BCUT2D eigenvalue weighted by Crippen LogP contribution is -2.62. The monoisotopic (exact) mass is 386 g/mol. The van der Waals surface area contributed by atoms with Crippen LogP contribution in [0.4, 0.5) is 0 Å². The highest BCUT2D eigenvalue weighted by atomic mass is 32.1. The number of piperidine rings is 1. The topological polar surface area (TPSA) is 88.8 Å². The molecule has 0 spiro atoms. The van der Waals surface area contributed by atoms with Crippen LogP contribution in [0.2, 0.25) is 0 Å². The van der Waals surface area contributed by atoms with E-state index in [-0.39, 0.29) is 17.7 Å². The maximum absolute atomic E-state index is 12.6. The molecule has 2 saturated heterocycles. The van der Waals surface area contributed by atoms with Crippen molar-refractivity contribution in [1.82, 2.24) is 14.8 Å². The quantitative estimate of drug-likeness (QED) is 0.849. The molecule has 2 amide bonds. The number of aromatic nitrogens is 1. The zero-order valence-electron chi connectivity index (χ0n) is 14.9. The molecule has 0 unspecified atom stereocenters. The van der Waals surface area contributed by atoms with E-state index in [0.29, 0.717) is 22.5 Å². The van der Waals surface area contributed by atoms with Crippen molar-refractivity contribution in [3.05, 3.63) is 41.4 Å². The van der Waals surface area contributed by atoms with E-state index in [4.69, 9.17) is 10.5 Å². The van der Waals surface area contributed by atoms with Crippen molar-refractivity contribution >= 4 is 23.2 Å². The second-order valence-corrected chi connectivity index (χ2v) is 7.86. The Balaban J connectivity index is 1.27. The molecule has 1 aromatic carbocycles. The second kappa shape index (κ2) is 7.66. The molecule has 27 heavy (non-hydrogen) atoms. The summed E-state index contributed by atoms with van der Waals surface area (Å²) in [5.74, 6) is 0.519. The molecule has 0 saturated carbocycles. The predicted octanol–water partition coefficient (Wildman–Crippen LogP) is 1.96. The number of rotatable bonds is 5. The SMILES string of the molecule is NC(=O)C1CCN(C2CN(C(=O)c3ccc(Oc4nccs4)cc3)C2)CC1. The van der Waals surface area contributed by atoms with E-state index in [1.165, 1.54) is 11.3 Å². The van der Waals surface area contributed by atoms with Gasteiger partial charge in [0.1, 0.15) is 5.75 Å². The number of nitrogens with zero attached hydrogens (tertiary/aromatic N) is 3. The zero-order valence-corrected chi connectivity index (χ0v) is 15.7. The summed E-state index contributed by atoms with van der Waals surface area (Å²) in [6.07, 6.45) is 3.33. The highest BCUT2D eigenvalue weighted by molar-refractivity contribution is 7.11. The minimum Gasteiger partial charge on any atom is -0.431 e. The molecule has 7 nitrogen and oxygen atoms in total. The Hall–Kier alpha value is -2.45. The molecule has 1 aromatic heterocycles. The lowest BCUT2D eigenvalue weighted by atomic mass is 9.93. The van der Waals surface area contributed by atoms with Gasteiger partial charge < -0.3 is 15.4 Å².